The van der Waals surface area contributed by atoms with Crippen LogP contribution in [0.2, 0.25) is 0 Å². The predicted octanol–water partition coefficient (Wildman–Crippen LogP) is 7.84. The van der Waals surface area contributed by atoms with Gasteiger partial charge in [-0.3, -0.25) is 0 Å². The Morgan fingerprint density at radius 1 is 0.733 bits per heavy atom. The Kier molecular flexibility index (Phi) is 12.8. The Hall–Kier alpha value is -4.61. The summed E-state index contributed by atoms with van der Waals surface area (Å²) in [5.41, 5.74) is 13.2. The maximum Gasteiger partial charge on any atom is 0.426 e. The highest BCUT2D eigenvalue weighted by atomic mass is 19.4. The molecule has 0 fully saturated rings. The van der Waals surface area contributed by atoms with E-state index in [2.05, 4.69) is 0 Å². The number of alkyl halides is 5. The van der Waals surface area contributed by atoms with Crippen molar-refractivity contribution in [2.24, 2.45) is 0 Å². The van der Waals surface area contributed by atoms with Crippen LogP contribution in [-0.4, -0.2) is 31.3 Å². The summed E-state index contributed by atoms with van der Waals surface area (Å²) in [7, 11) is 0. The second-order valence-electron chi connectivity index (χ2n) is 10.3. The number of carbonyl (C=O) groups is 2. The zero-order valence-corrected chi connectivity index (χ0v) is 24.5. The summed E-state index contributed by atoms with van der Waals surface area (Å²) in [6.45, 7) is 0.230. The Bertz CT molecular complexity index is 1400. The average Bonchev–Trinajstić information content (AvgIpc) is 2.97. The molecule has 3 aromatic rings. The molecule has 7 nitrogen and oxygen atoms in total. The number of aryl methyl sites for hydroxylation is 1. The van der Waals surface area contributed by atoms with E-state index in [1.54, 1.807) is 0 Å². The minimum Gasteiger partial charge on any atom is -0.463 e. The van der Waals surface area contributed by atoms with Crippen LogP contribution in [0.3, 0.4) is 0 Å². The quantitative estimate of drug-likeness (QED) is 0.0543. The van der Waals surface area contributed by atoms with E-state index in [-0.39, 0.29) is 36.5 Å². The second kappa shape index (κ2) is 16.5. The van der Waals surface area contributed by atoms with E-state index in [9.17, 15) is 31.5 Å². The van der Waals surface area contributed by atoms with Gasteiger partial charge in [0.15, 0.2) is 0 Å². The van der Waals surface area contributed by atoms with Crippen molar-refractivity contribution < 1.29 is 45.8 Å². The van der Waals surface area contributed by atoms with E-state index >= 15 is 0 Å². The molecule has 0 amide bonds. The molecule has 0 unspecified atom stereocenters. The summed E-state index contributed by atoms with van der Waals surface area (Å²) in [4.78, 5) is 24.0. The van der Waals surface area contributed by atoms with Crippen molar-refractivity contribution in [3.8, 4) is 5.75 Å². The normalized spacial score (nSPS) is 11.8. The average molecular weight is 635 g/mol. The second-order valence-corrected chi connectivity index (χ2v) is 10.3. The first kappa shape index (κ1) is 34.9. The van der Waals surface area contributed by atoms with E-state index in [1.807, 2.05) is 0 Å². The van der Waals surface area contributed by atoms with Gasteiger partial charge < -0.3 is 25.7 Å². The smallest absolute Gasteiger partial charge is 0.426 e. The van der Waals surface area contributed by atoms with Gasteiger partial charge in [-0.05, 0) is 91.8 Å². The van der Waals surface area contributed by atoms with Crippen molar-refractivity contribution in [3.63, 3.8) is 0 Å². The molecule has 0 aromatic heterocycles. The van der Waals surface area contributed by atoms with Crippen molar-refractivity contribution in [1.82, 2.24) is 0 Å². The van der Waals surface area contributed by atoms with Gasteiger partial charge in [-0.2, -0.15) is 22.0 Å². The number of anilines is 2. The number of hydrogen-bond donors (Lipinski definition) is 2. The Balaban J connectivity index is 1.35. The predicted molar refractivity (Wildman–Crippen MR) is 160 cm³/mol. The summed E-state index contributed by atoms with van der Waals surface area (Å²) < 4.78 is 81.2. The Morgan fingerprint density at radius 3 is 1.98 bits per heavy atom. The largest absolute Gasteiger partial charge is 0.463 e. The standard InChI is InChI=1S/C33H35F5N2O5/c34-32(35,36)17-3-1-2-6-23-7-12-26(13-8-23)33(37,38)45-29-14-9-24(10-15-29)11-16-30(41)43-18-4-5-19-44-31(42)25-20-27(39)22-28(40)21-25/h7-16,20-22H,1-6,17-19,39-40H2/b16-11+. The summed E-state index contributed by atoms with van der Waals surface area (Å²) >= 11 is 0. The zero-order chi connectivity index (χ0) is 32.9. The summed E-state index contributed by atoms with van der Waals surface area (Å²) in [6.07, 6.45) is -3.56. The molecule has 0 bridgehead atoms. The van der Waals surface area contributed by atoms with Gasteiger partial charge in [0.05, 0.1) is 24.3 Å². The molecule has 0 spiro atoms. The zero-order valence-electron chi connectivity index (χ0n) is 24.5. The van der Waals surface area contributed by atoms with Crippen LogP contribution >= 0.6 is 0 Å². The SMILES string of the molecule is Nc1cc(N)cc(C(=O)OCCCCOC(=O)/C=C/c2ccc(OC(F)(F)c3ccc(CCCCCC(F)(F)F)cc3)cc2)c1. The molecule has 0 saturated heterocycles. The van der Waals surface area contributed by atoms with Crippen molar-refractivity contribution in [1.29, 1.82) is 0 Å². The van der Waals surface area contributed by atoms with Crippen LogP contribution in [0.25, 0.3) is 6.08 Å². The number of carbonyl (C=O) groups excluding carboxylic acids is 2. The van der Waals surface area contributed by atoms with Crippen LogP contribution in [0.4, 0.5) is 33.3 Å². The molecule has 3 rings (SSSR count). The molecular weight excluding hydrogens is 599 g/mol. The van der Waals surface area contributed by atoms with E-state index in [1.165, 1.54) is 78.9 Å². The highest BCUT2D eigenvalue weighted by Gasteiger charge is 2.34. The third kappa shape index (κ3) is 12.9. The van der Waals surface area contributed by atoms with Crippen molar-refractivity contribution in [2.45, 2.75) is 57.2 Å². The third-order valence-electron chi connectivity index (χ3n) is 6.48. The number of ether oxygens (including phenoxy) is 3. The molecule has 45 heavy (non-hydrogen) atoms. The highest BCUT2D eigenvalue weighted by Crippen LogP contribution is 2.32. The fraction of sp³-hybridized carbons (Fsp3) is 0.333. The number of nitrogens with two attached hydrogens (primary N) is 2. The molecule has 0 heterocycles. The first-order chi connectivity index (χ1) is 21.3. The number of rotatable bonds is 16. The molecule has 0 aliphatic carbocycles. The number of esters is 2. The van der Waals surface area contributed by atoms with Gasteiger partial charge in [-0.1, -0.05) is 30.7 Å². The van der Waals surface area contributed by atoms with E-state index in [0.29, 0.717) is 49.0 Å². The molecule has 12 heteroatoms. The molecule has 0 aliphatic rings. The topological polar surface area (TPSA) is 114 Å². The lowest BCUT2D eigenvalue weighted by molar-refractivity contribution is -0.185. The van der Waals surface area contributed by atoms with Crippen molar-refractivity contribution in [2.75, 3.05) is 24.7 Å². The van der Waals surface area contributed by atoms with Gasteiger partial charge in [-0.15, -0.1) is 0 Å². The van der Waals surface area contributed by atoms with Crippen LogP contribution < -0.4 is 16.2 Å². The molecule has 0 radical (unpaired) electrons. The first-order valence-corrected chi connectivity index (χ1v) is 14.3. The number of nitrogen functional groups attached to an aromatic ring is 2. The van der Waals surface area contributed by atoms with Crippen LogP contribution in [0.15, 0.2) is 72.8 Å². The molecule has 4 N–H and O–H groups in total. The fourth-order valence-electron chi connectivity index (χ4n) is 4.18. The summed E-state index contributed by atoms with van der Waals surface area (Å²) in [5, 5.41) is 0. The van der Waals surface area contributed by atoms with E-state index in [0.717, 1.165) is 5.56 Å². The lowest BCUT2D eigenvalue weighted by Crippen LogP contribution is -2.21. The van der Waals surface area contributed by atoms with Gasteiger partial charge in [0.25, 0.3) is 0 Å². The maximum absolute atomic E-state index is 14.7. The number of unbranched alkanes of at least 4 members (excludes halogenated alkanes) is 3. The maximum atomic E-state index is 14.7. The minimum atomic E-state index is -4.17. The van der Waals surface area contributed by atoms with Crippen molar-refractivity contribution >= 4 is 29.4 Å². The van der Waals surface area contributed by atoms with Gasteiger partial charge >= 0.3 is 24.2 Å². The van der Waals surface area contributed by atoms with Gasteiger partial charge in [0, 0.05) is 23.9 Å². The van der Waals surface area contributed by atoms with Gasteiger partial charge in [-0.25, -0.2) is 9.59 Å². The van der Waals surface area contributed by atoms with Crippen molar-refractivity contribution in [3.05, 3.63) is 95.1 Å². The first-order valence-electron chi connectivity index (χ1n) is 14.3. The number of benzene rings is 3. The Labute approximate surface area is 258 Å². The van der Waals surface area contributed by atoms with E-state index in [4.69, 9.17) is 25.7 Å². The Morgan fingerprint density at radius 2 is 1.36 bits per heavy atom. The molecule has 3 aromatic carbocycles. The molecular formula is C33H35F5N2O5. The highest BCUT2D eigenvalue weighted by molar-refractivity contribution is 5.91. The lowest BCUT2D eigenvalue weighted by atomic mass is 10.0. The number of hydrogen-bond acceptors (Lipinski definition) is 7. The molecule has 0 saturated carbocycles. The summed E-state index contributed by atoms with van der Waals surface area (Å²) in [6, 6.07) is 15.6. The minimum absolute atomic E-state index is 0.0396. The molecule has 242 valence electrons. The monoisotopic (exact) mass is 634 g/mol. The van der Waals surface area contributed by atoms with Gasteiger partial charge in [0.2, 0.25) is 0 Å². The van der Waals surface area contributed by atoms with Crippen LogP contribution in [0, 0.1) is 0 Å². The van der Waals surface area contributed by atoms with Crippen LogP contribution in [-0.2, 0) is 26.8 Å². The summed E-state index contributed by atoms with van der Waals surface area (Å²) in [5.74, 6) is -1.24. The lowest BCUT2D eigenvalue weighted by Gasteiger charge is -2.18. The van der Waals surface area contributed by atoms with Crippen LogP contribution in [0.1, 0.15) is 65.6 Å². The fourth-order valence-corrected chi connectivity index (χ4v) is 4.18. The van der Waals surface area contributed by atoms with E-state index < -0.39 is 30.6 Å². The van der Waals surface area contributed by atoms with Gasteiger partial charge in [0.1, 0.15) is 5.75 Å². The number of halogens is 5. The molecule has 0 atom stereocenters. The molecule has 0 aliphatic heterocycles. The van der Waals surface area contributed by atoms with Crippen LogP contribution in [0.5, 0.6) is 5.75 Å². The third-order valence-corrected chi connectivity index (χ3v) is 6.48.